The van der Waals surface area contributed by atoms with Crippen molar-refractivity contribution in [2.75, 3.05) is 19.6 Å². The molecule has 0 aliphatic carbocycles. The van der Waals surface area contributed by atoms with Crippen LogP contribution in [0.15, 0.2) is 18.2 Å². The van der Waals surface area contributed by atoms with E-state index in [1.807, 2.05) is 0 Å². The minimum Gasteiger partial charge on any atom is -0.392 e. The van der Waals surface area contributed by atoms with Crippen molar-refractivity contribution in [3.63, 3.8) is 0 Å². The molecule has 0 amide bonds. The predicted molar refractivity (Wildman–Crippen MR) is 73.1 cm³/mol. The second-order valence-corrected chi connectivity index (χ2v) is 5.58. The lowest BCUT2D eigenvalue weighted by Crippen LogP contribution is -2.40. The van der Waals surface area contributed by atoms with Gasteiger partial charge in [0.05, 0.1) is 12.2 Å². The molecule has 5 heteroatoms. The second kappa shape index (κ2) is 6.22. The van der Waals surface area contributed by atoms with E-state index in [1.165, 1.54) is 0 Å². The summed E-state index contributed by atoms with van der Waals surface area (Å²) in [7, 11) is 0. The summed E-state index contributed by atoms with van der Waals surface area (Å²) in [6, 6.07) is 5.08. The summed E-state index contributed by atoms with van der Waals surface area (Å²) in [6.45, 7) is 1.97. The van der Waals surface area contributed by atoms with Crippen LogP contribution in [-0.2, 0) is 0 Å². The lowest BCUT2D eigenvalue weighted by Gasteiger charge is -2.31. The molecule has 1 aromatic rings. The summed E-state index contributed by atoms with van der Waals surface area (Å²) in [5, 5.41) is 20.9. The van der Waals surface area contributed by atoms with Gasteiger partial charge < -0.3 is 10.2 Å². The van der Waals surface area contributed by atoms with Gasteiger partial charge in [0.15, 0.2) is 0 Å². The smallest absolute Gasteiger partial charge is 0.0931 e. The molecular weight excluding hydrogens is 273 g/mol. The molecule has 1 aliphatic heterocycles. The monoisotopic (exact) mass is 289 g/mol. The van der Waals surface area contributed by atoms with Gasteiger partial charge in [0.1, 0.15) is 0 Å². The molecule has 0 aromatic heterocycles. The Morgan fingerprint density at radius 1 is 1.39 bits per heavy atom. The summed E-state index contributed by atoms with van der Waals surface area (Å²) < 4.78 is 0. The van der Waals surface area contributed by atoms with Crippen LogP contribution >= 0.6 is 23.2 Å². The lowest BCUT2D eigenvalue weighted by atomic mass is 10.1. The maximum absolute atomic E-state index is 10.2. The molecule has 1 aliphatic rings. The van der Waals surface area contributed by atoms with Crippen molar-refractivity contribution in [2.45, 2.75) is 25.0 Å². The average Bonchev–Trinajstić information content (AvgIpc) is 2.32. The second-order valence-electron chi connectivity index (χ2n) is 4.74. The van der Waals surface area contributed by atoms with E-state index in [-0.39, 0.29) is 6.10 Å². The van der Waals surface area contributed by atoms with Crippen molar-refractivity contribution in [1.82, 2.24) is 4.90 Å². The van der Waals surface area contributed by atoms with Crippen molar-refractivity contribution < 1.29 is 10.2 Å². The number of aliphatic hydroxyl groups is 2. The number of nitrogens with zero attached hydrogens (tertiary/aromatic N) is 1. The van der Waals surface area contributed by atoms with Gasteiger partial charge in [0, 0.05) is 28.7 Å². The summed E-state index contributed by atoms with van der Waals surface area (Å²) in [5.74, 6) is 0. The number of hydrogen-bond donors (Lipinski definition) is 2. The zero-order valence-electron chi connectivity index (χ0n) is 10.0. The van der Waals surface area contributed by atoms with Crippen LogP contribution in [-0.4, -0.2) is 40.9 Å². The molecule has 0 spiro atoms. The molecule has 3 nitrogen and oxygen atoms in total. The van der Waals surface area contributed by atoms with Gasteiger partial charge in [-0.2, -0.15) is 0 Å². The number of hydrogen-bond acceptors (Lipinski definition) is 3. The molecule has 2 atom stereocenters. The third-order valence-electron chi connectivity index (χ3n) is 3.23. The lowest BCUT2D eigenvalue weighted by molar-refractivity contribution is 0.0392. The van der Waals surface area contributed by atoms with Gasteiger partial charge in [0.2, 0.25) is 0 Å². The van der Waals surface area contributed by atoms with Gasteiger partial charge in [-0.05, 0) is 37.6 Å². The molecule has 2 N–H and O–H groups in total. The highest BCUT2D eigenvalue weighted by atomic mass is 35.5. The number of likely N-dealkylation sites (tertiary alicyclic amines) is 1. The third-order valence-corrected chi connectivity index (χ3v) is 3.81. The van der Waals surface area contributed by atoms with Gasteiger partial charge in [-0.3, -0.25) is 4.90 Å². The molecular formula is C13H17Cl2NO2. The van der Waals surface area contributed by atoms with Gasteiger partial charge in [-0.15, -0.1) is 0 Å². The molecule has 18 heavy (non-hydrogen) atoms. The molecule has 0 radical (unpaired) electrons. The number of aliphatic hydroxyl groups excluding tert-OH is 2. The van der Waals surface area contributed by atoms with E-state index in [1.54, 1.807) is 18.2 Å². The first-order chi connectivity index (χ1) is 8.56. The largest absolute Gasteiger partial charge is 0.392 e. The van der Waals surface area contributed by atoms with E-state index in [2.05, 4.69) is 4.90 Å². The molecule has 2 rings (SSSR count). The highest BCUT2D eigenvalue weighted by Crippen LogP contribution is 2.27. The van der Waals surface area contributed by atoms with Crippen LogP contribution in [0.5, 0.6) is 0 Å². The topological polar surface area (TPSA) is 43.7 Å². The molecule has 1 fully saturated rings. The Morgan fingerprint density at radius 2 is 2.17 bits per heavy atom. The predicted octanol–water partition coefficient (Wildman–Crippen LogP) is 2.48. The van der Waals surface area contributed by atoms with E-state index in [0.717, 1.165) is 19.4 Å². The zero-order valence-corrected chi connectivity index (χ0v) is 11.5. The minimum atomic E-state index is -0.679. The number of β-amino-alcohol motifs (C(OH)–C–C–N with tert-alkyl or cyclic N) is 2. The van der Waals surface area contributed by atoms with Crippen LogP contribution in [0.1, 0.15) is 24.5 Å². The van der Waals surface area contributed by atoms with Crippen LogP contribution in [0, 0.1) is 0 Å². The van der Waals surface area contributed by atoms with Crippen molar-refractivity contribution in [3.8, 4) is 0 Å². The standard InChI is InChI=1S/C13H17Cl2NO2/c14-9-3-4-12(15)11(6-9)13(18)8-16-5-1-2-10(17)7-16/h3-4,6,10,13,17-18H,1-2,5,7-8H2. The first-order valence-corrected chi connectivity index (χ1v) is 6.85. The number of benzene rings is 1. The average molecular weight is 290 g/mol. The minimum absolute atomic E-state index is 0.291. The highest BCUT2D eigenvalue weighted by molar-refractivity contribution is 6.33. The highest BCUT2D eigenvalue weighted by Gasteiger charge is 2.21. The van der Waals surface area contributed by atoms with Crippen LogP contribution in [0.25, 0.3) is 0 Å². The normalized spacial score (nSPS) is 23.0. The van der Waals surface area contributed by atoms with E-state index < -0.39 is 6.10 Å². The van der Waals surface area contributed by atoms with Crippen LogP contribution in [0.3, 0.4) is 0 Å². The third kappa shape index (κ3) is 3.59. The van der Waals surface area contributed by atoms with Crippen molar-refractivity contribution in [2.24, 2.45) is 0 Å². The fourth-order valence-corrected chi connectivity index (χ4v) is 2.73. The fourth-order valence-electron chi connectivity index (χ4n) is 2.31. The van der Waals surface area contributed by atoms with Gasteiger partial charge in [-0.1, -0.05) is 23.2 Å². The Bertz CT molecular complexity index is 414. The summed E-state index contributed by atoms with van der Waals surface area (Å²) in [6.07, 6.45) is 0.823. The fraction of sp³-hybridized carbons (Fsp3) is 0.538. The first-order valence-electron chi connectivity index (χ1n) is 6.09. The summed E-state index contributed by atoms with van der Waals surface area (Å²) in [5.41, 5.74) is 0.643. The first kappa shape index (κ1) is 14.1. The Labute approximate surface area is 117 Å². The molecule has 100 valence electrons. The molecule has 0 bridgehead atoms. The zero-order chi connectivity index (χ0) is 13.1. The number of rotatable bonds is 3. The molecule has 2 unspecified atom stereocenters. The quantitative estimate of drug-likeness (QED) is 0.899. The molecule has 1 saturated heterocycles. The summed E-state index contributed by atoms with van der Waals surface area (Å²) >= 11 is 12.0. The van der Waals surface area contributed by atoms with Gasteiger partial charge in [-0.25, -0.2) is 0 Å². The molecule has 1 aromatic carbocycles. The van der Waals surface area contributed by atoms with Crippen molar-refractivity contribution in [1.29, 1.82) is 0 Å². The maximum Gasteiger partial charge on any atom is 0.0931 e. The van der Waals surface area contributed by atoms with Crippen LogP contribution in [0.2, 0.25) is 10.0 Å². The van der Waals surface area contributed by atoms with E-state index in [4.69, 9.17) is 23.2 Å². The van der Waals surface area contributed by atoms with E-state index >= 15 is 0 Å². The van der Waals surface area contributed by atoms with E-state index in [9.17, 15) is 10.2 Å². The number of halogens is 2. The Kier molecular flexibility index (Phi) is 4.87. The summed E-state index contributed by atoms with van der Waals surface area (Å²) in [4.78, 5) is 2.05. The van der Waals surface area contributed by atoms with Crippen LogP contribution < -0.4 is 0 Å². The molecule has 1 heterocycles. The van der Waals surface area contributed by atoms with Gasteiger partial charge in [0.25, 0.3) is 0 Å². The van der Waals surface area contributed by atoms with Crippen LogP contribution in [0.4, 0.5) is 0 Å². The number of piperidine rings is 1. The van der Waals surface area contributed by atoms with Gasteiger partial charge >= 0.3 is 0 Å². The maximum atomic E-state index is 10.2. The Balaban J connectivity index is 2.02. The Morgan fingerprint density at radius 3 is 2.89 bits per heavy atom. The Hall–Kier alpha value is -0.320. The SMILES string of the molecule is OC1CCCN(CC(O)c2cc(Cl)ccc2Cl)C1. The molecule has 0 saturated carbocycles. The van der Waals surface area contributed by atoms with Crippen molar-refractivity contribution >= 4 is 23.2 Å². The van der Waals surface area contributed by atoms with E-state index in [0.29, 0.717) is 28.7 Å². The van der Waals surface area contributed by atoms with Crippen molar-refractivity contribution in [3.05, 3.63) is 33.8 Å².